The van der Waals surface area contributed by atoms with E-state index in [0.29, 0.717) is 12.4 Å². The Balaban J connectivity index is 3.12. The van der Waals surface area contributed by atoms with Crippen LogP contribution in [0.3, 0.4) is 0 Å². The van der Waals surface area contributed by atoms with Gasteiger partial charge in [-0.25, -0.2) is 4.79 Å². The third-order valence-corrected chi connectivity index (χ3v) is 3.36. The Hall–Kier alpha value is -2.03. The van der Waals surface area contributed by atoms with Crippen LogP contribution in [0.1, 0.15) is 40.2 Å². The number of ether oxygens (including phenoxy) is 2. The number of aryl methyl sites for hydroxylation is 1. The van der Waals surface area contributed by atoms with Crippen LogP contribution in [0, 0.1) is 20.8 Å². The summed E-state index contributed by atoms with van der Waals surface area (Å²) in [5.41, 5.74) is 4.37. The van der Waals surface area contributed by atoms with Crippen LogP contribution in [0.4, 0.5) is 0 Å². The maximum Gasteiger partial charge on any atom is 0.330 e. The molecule has 21 heavy (non-hydrogen) atoms. The monoisotopic (exact) mass is 291 g/mol. The van der Waals surface area contributed by atoms with Crippen molar-refractivity contribution < 1.29 is 18.4 Å². The van der Waals surface area contributed by atoms with Gasteiger partial charge in [0.05, 0.1) is 17.8 Å². The van der Waals surface area contributed by atoms with Crippen LogP contribution in [0.25, 0.3) is 6.08 Å². The molecule has 3 nitrogen and oxygen atoms in total. The van der Waals surface area contributed by atoms with Crippen LogP contribution in [0.5, 0.6) is 5.75 Å². The van der Waals surface area contributed by atoms with Crippen LogP contribution in [0.15, 0.2) is 23.8 Å². The second-order valence-electron chi connectivity index (χ2n) is 4.93. The molecule has 0 heterocycles. The number of hydrogen-bond acceptors (Lipinski definition) is 3. The number of carbonyl (C=O) groups is 1. The molecule has 0 radical (unpaired) electrons. The Bertz CT molecular complexity index is 671. The predicted octanol–water partition coefficient (Wildman–Crippen LogP) is 4.14. The summed E-state index contributed by atoms with van der Waals surface area (Å²) < 4.78 is 31.7. The van der Waals surface area contributed by atoms with Gasteiger partial charge in [0.2, 0.25) is 0 Å². The maximum atomic E-state index is 11.4. The summed E-state index contributed by atoms with van der Waals surface area (Å²) in [6, 6.07) is 1.72. The molecule has 0 amide bonds. The molecule has 0 aliphatic carbocycles. The van der Waals surface area contributed by atoms with Gasteiger partial charge in [-0.05, 0) is 68.5 Å². The van der Waals surface area contributed by atoms with Gasteiger partial charge in [-0.2, -0.15) is 0 Å². The third kappa shape index (κ3) is 4.48. The normalized spacial score (nSPS) is 14.5. The molecule has 3 heteroatoms. The number of benzene rings is 1. The Morgan fingerprint density at radius 3 is 2.67 bits per heavy atom. The zero-order valence-electron chi connectivity index (χ0n) is 16.2. The van der Waals surface area contributed by atoms with Crippen molar-refractivity contribution in [2.75, 3.05) is 13.6 Å². The van der Waals surface area contributed by atoms with Gasteiger partial charge in [-0.15, -0.1) is 0 Å². The quantitative estimate of drug-likeness (QED) is 0.464. The summed E-state index contributed by atoms with van der Waals surface area (Å²) in [6.45, 7) is 9.55. The van der Waals surface area contributed by atoms with Gasteiger partial charge >= 0.3 is 5.97 Å². The van der Waals surface area contributed by atoms with Gasteiger partial charge in [0.1, 0.15) is 5.75 Å². The van der Waals surface area contributed by atoms with Crippen LogP contribution in [0.2, 0.25) is 0 Å². The third-order valence-electron chi connectivity index (χ3n) is 3.36. The molecule has 0 aliphatic heterocycles. The van der Waals surface area contributed by atoms with E-state index in [-0.39, 0.29) is 5.97 Å². The second-order valence-corrected chi connectivity index (χ2v) is 4.93. The van der Waals surface area contributed by atoms with Gasteiger partial charge < -0.3 is 9.47 Å². The number of allylic oxidation sites excluding steroid dienone is 2. The van der Waals surface area contributed by atoms with Gasteiger partial charge in [0.25, 0.3) is 0 Å². The highest BCUT2D eigenvalue weighted by Crippen LogP contribution is 2.28. The highest BCUT2D eigenvalue weighted by Gasteiger charge is 2.08. The van der Waals surface area contributed by atoms with Gasteiger partial charge in [-0.1, -0.05) is 12.2 Å². The summed E-state index contributed by atoms with van der Waals surface area (Å²) in [5, 5.41) is 0. The molecule has 0 atom stereocenters. The minimum absolute atomic E-state index is 0.342. The molecule has 0 unspecified atom stereocenters. The van der Waals surface area contributed by atoms with E-state index in [0.717, 1.165) is 27.8 Å². The highest BCUT2D eigenvalue weighted by molar-refractivity contribution is 5.83. The molecule has 0 aromatic heterocycles. The maximum absolute atomic E-state index is 11.4. The fourth-order valence-electron chi connectivity index (χ4n) is 2.06. The number of carbonyl (C=O) groups excluding carboxylic acids is 1. The molecular weight excluding hydrogens is 264 g/mol. The van der Waals surface area contributed by atoms with Crippen molar-refractivity contribution in [1.82, 2.24) is 0 Å². The van der Waals surface area contributed by atoms with E-state index in [1.54, 1.807) is 13.0 Å². The fourth-order valence-corrected chi connectivity index (χ4v) is 2.06. The average molecular weight is 291 g/mol. The standard InChI is InChI=1S/C18H24O3/c1-7-21-18(19)10-12(2)8-9-16-13(3)11-17(20-6)15(5)14(16)4/h8-11H,7H2,1-6H3/b9-8+,12-10+/i6D3. The first-order valence-electron chi connectivity index (χ1n) is 8.38. The molecule has 0 bridgehead atoms. The van der Waals surface area contributed by atoms with Crippen LogP contribution in [-0.2, 0) is 9.53 Å². The Morgan fingerprint density at radius 1 is 1.33 bits per heavy atom. The van der Waals surface area contributed by atoms with Crippen LogP contribution < -0.4 is 4.74 Å². The molecule has 0 saturated carbocycles. The highest BCUT2D eigenvalue weighted by atomic mass is 16.5. The van der Waals surface area contributed by atoms with Gasteiger partial charge in [0.15, 0.2) is 0 Å². The van der Waals surface area contributed by atoms with Crippen molar-refractivity contribution >= 4 is 12.0 Å². The topological polar surface area (TPSA) is 35.5 Å². The molecule has 114 valence electrons. The Kier molecular flexibility index (Phi) is 4.64. The minimum Gasteiger partial charge on any atom is -0.496 e. The molecule has 1 aromatic carbocycles. The van der Waals surface area contributed by atoms with E-state index in [1.807, 2.05) is 39.8 Å². The molecule has 0 fully saturated rings. The van der Waals surface area contributed by atoms with E-state index >= 15 is 0 Å². The van der Waals surface area contributed by atoms with Crippen LogP contribution >= 0.6 is 0 Å². The van der Waals surface area contributed by atoms with Crippen molar-refractivity contribution in [3.63, 3.8) is 0 Å². The first-order valence-corrected chi connectivity index (χ1v) is 6.88. The lowest BCUT2D eigenvalue weighted by Gasteiger charge is -2.13. The van der Waals surface area contributed by atoms with Crippen LogP contribution in [-0.4, -0.2) is 19.6 Å². The van der Waals surface area contributed by atoms with E-state index in [9.17, 15) is 4.79 Å². The van der Waals surface area contributed by atoms with Crippen molar-refractivity contribution in [3.05, 3.63) is 46.0 Å². The smallest absolute Gasteiger partial charge is 0.330 e. The van der Waals surface area contributed by atoms with E-state index in [4.69, 9.17) is 13.6 Å². The van der Waals surface area contributed by atoms with E-state index < -0.39 is 7.04 Å². The number of methoxy groups -OCH3 is 1. The number of esters is 1. The fraction of sp³-hybridized carbons (Fsp3) is 0.389. The SMILES string of the molecule is [2H]C([2H])([2H])Oc1cc(C)c(/C=C/C(C)=C/C(=O)OCC)c(C)c1C. The zero-order valence-corrected chi connectivity index (χ0v) is 13.2. The summed E-state index contributed by atoms with van der Waals surface area (Å²) in [5.74, 6) is -0.00774. The van der Waals surface area contributed by atoms with E-state index in [2.05, 4.69) is 0 Å². The molecule has 0 spiro atoms. The van der Waals surface area contributed by atoms with Gasteiger partial charge in [0, 0.05) is 6.08 Å². The molecule has 1 aromatic rings. The van der Waals surface area contributed by atoms with Gasteiger partial charge in [-0.3, -0.25) is 0 Å². The van der Waals surface area contributed by atoms with Crippen molar-refractivity contribution in [3.8, 4) is 5.75 Å². The average Bonchev–Trinajstić information content (AvgIpc) is 2.43. The lowest BCUT2D eigenvalue weighted by molar-refractivity contribution is -0.137. The minimum atomic E-state index is -2.47. The summed E-state index contributed by atoms with van der Waals surface area (Å²) in [7, 11) is -2.47. The number of rotatable bonds is 5. The lowest BCUT2D eigenvalue weighted by Crippen LogP contribution is -1.99. The summed E-state index contributed by atoms with van der Waals surface area (Å²) >= 11 is 0. The predicted molar refractivity (Wildman–Crippen MR) is 86.6 cm³/mol. The molecule has 0 saturated heterocycles. The summed E-state index contributed by atoms with van der Waals surface area (Å²) in [6.07, 6.45) is 5.17. The van der Waals surface area contributed by atoms with Crippen molar-refractivity contribution in [1.29, 1.82) is 0 Å². The Labute approximate surface area is 131 Å². The zero-order chi connectivity index (χ0) is 18.5. The molecule has 1 rings (SSSR count). The first-order chi connectivity index (χ1) is 11.0. The Morgan fingerprint density at radius 2 is 2.05 bits per heavy atom. The summed E-state index contributed by atoms with van der Waals surface area (Å²) in [4.78, 5) is 11.4. The lowest BCUT2D eigenvalue weighted by atomic mass is 9.96. The van der Waals surface area contributed by atoms with E-state index in [1.165, 1.54) is 6.08 Å². The van der Waals surface area contributed by atoms with Crippen molar-refractivity contribution in [2.45, 2.75) is 34.6 Å². The molecular formula is C18H24O3. The number of hydrogen-bond donors (Lipinski definition) is 0. The molecule has 0 aliphatic rings. The second kappa shape index (κ2) is 7.67. The molecule has 0 N–H and O–H groups in total. The van der Waals surface area contributed by atoms with Crippen molar-refractivity contribution in [2.24, 2.45) is 0 Å². The first kappa shape index (κ1) is 12.7. The largest absolute Gasteiger partial charge is 0.496 e.